The third-order valence-corrected chi connectivity index (χ3v) is 5.69. The van der Waals surface area contributed by atoms with E-state index in [1.165, 1.54) is 0 Å². The number of aliphatic hydroxyl groups is 2. The Balaban J connectivity index is 3.29. The highest BCUT2D eigenvalue weighted by Gasteiger charge is 2.57. The zero-order valence-electron chi connectivity index (χ0n) is 17.2. The summed E-state index contributed by atoms with van der Waals surface area (Å²) < 4.78 is 0. The minimum absolute atomic E-state index is 0.181. The Morgan fingerprint density at radius 1 is 1.12 bits per heavy atom. The molecule has 5 nitrogen and oxygen atoms in total. The number of ketones is 2. The van der Waals surface area contributed by atoms with E-state index in [0.717, 1.165) is 12.8 Å². The van der Waals surface area contributed by atoms with Gasteiger partial charge in [0.2, 0.25) is 0 Å². The summed E-state index contributed by atoms with van der Waals surface area (Å²) in [6.07, 6.45) is 1.82. The van der Waals surface area contributed by atoms with Crippen LogP contribution in [-0.4, -0.2) is 33.4 Å². The van der Waals surface area contributed by atoms with Crippen molar-refractivity contribution in [1.82, 2.24) is 0 Å². The molecule has 26 heavy (non-hydrogen) atoms. The highest BCUT2D eigenvalue weighted by atomic mass is 16.3. The molecule has 0 aromatic rings. The fraction of sp³-hybridized carbons (Fsp3) is 0.810. The molecule has 1 rings (SSSR count). The van der Waals surface area contributed by atoms with Crippen LogP contribution in [0.15, 0.2) is 11.3 Å². The second kappa shape index (κ2) is 9.14. The summed E-state index contributed by atoms with van der Waals surface area (Å²) in [6.45, 7) is 11.8. The standard InChI is InChI=1S/C21H37NO4/c1-7-14(6)18(24)17-19(25)15(10-8-12(2)3)21(22,20(17)26)16(23)11-9-13(4)5/h12-16,23,26H,7-11,22H2,1-6H3/t14?,15?,16?,21-/m0/s1. The van der Waals surface area contributed by atoms with Gasteiger partial charge in [-0.05, 0) is 37.5 Å². The van der Waals surface area contributed by atoms with Crippen LogP contribution in [-0.2, 0) is 9.59 Å². The van der Waals surface area contributed by atoms with Gasteiger partial charge >= 0.3 is 0 Å². The molecule has 3 unspecified atom stereocenters. The average molecular weight is 368 g/mol. The molecule has 4 N–H and O–H groups in total. The fourth-order valence-corrected chi connectivity index (χ4v) is 3.55. The van der Waals surface area contributed by atoms with Crippen molar-refractivity contribution < 1.29 is 19.8 Å². The van der Waals surface area contributed by atoms with Crippen molar-refractivity contribution in [3.63, 3.8) is 0 Å². The molecule has 1 aliphatic carbocycles. The van der Waals surface area contributed by atoms with Gasteiger partial charge in [0.25, 0.3) is 0 Å². The maximum Gasteiger partial charge on any atom is 0.175 e. The summed E-state index contributed by atoms with van der Waals surface area (Å²) >= 11 is 0. The molecule has 0 fully saturated rings. The first-order valence-corrected chi connectivity index (χ1v) is 9.97. The quantitative estimate of drug-likeness (QED) is 0.513. The SMILES string of the molecule is CCC(C)C(=O)C1=C(O)[C@@](N)(C(O)CCC(C)C)C(CCC(C)C)C1=O. The van der Waals surface area contributed by atoms with Gasteiger partial charge in [0.05, 0.1) is 12.0 Å². The van der Waals surface area contributed by atoms with Gasteiger partial charge < -0.3 is 15.9 Å². The predicted octanol–water partition coefficient (Wildman–Crippen LogP) is 3.54. The molecule has 0 saturated carbocycles. The number of hydrogen-bond acceptors (Lipinski definition) is 5. The first kappa shape index (κ1) is 22.8. The van der Waals surface area contributed by atoms with Crippen molar-refractivity contribution in [2.75, 3.05) is 0 Å². The van der Waals surface area contributed by atoms with Crippen LogP contribution in [0.25, 0.3) is 0 Å². The van der Waals surface area contributed by atoms with Crippen LogP contribution >= 0.6 is 0 Å². The molecule has 1 aliphatic rings. The maximum absolute atomic E-state index is 13.0. The lowest BCUT2D eigenvalue weighted by Gasteiger charge is -2.36. The number of carbonyl (C=O) groups excluding carboxylic acids is 2. The van der Waals surface area contributed by atoms with Gasteiger partial charge in [0.15, 0.2) is 11.6 Å². The second-order valence-corrected chi connectivity index (χ2v) is 8.71. The van der Waals surface area contributed by atoms with Gasteiger partial charge in [-0.3, -0.25) is 9.59 Å². The summed E-state index contributed by atoms with van der Waals surface area (Å²) in [5, 5.41) is 21.6. The highest BCUT2D eigenvalue weighted by Crippen LogP contribution is 2.42. The predicted molar refractivity (Wildman–Crippen MR) is 104 cm³/mol. The molecule has 0 saturated heterocycles. The van der Waals surface area contributed by atoms with Crippen LogP contribution in [0.3, 0.4) is 0 Å². The molecule has 150 valence electrons. The normalized spacial score (nSPS) is 26.1. The first-order valence-electron chi connectivity index (χ1n) is 9.97. The molecule has 0 aromatic heterocycles. The summed E-state index contributed by atoms with van der Waals surface area (Å²) in [7, 11) is 0. The Labute approximate surface area is 158 Å². The molecule has 4 atom stereocenters. The van der Waals surface area contributed by atoms with E-state index in [2.05, 4.69) is 0 Å². The zero-order valence-corrected chi connectivity index (χ0v) is 17.2. The van der Waals surface area contributed by atoms with Crippen molar-refractivity contribution in [1.29, 1.82) is 0 Å². The molecule has 0 spiro atoms. The van der Waals surface area contributed by atoms with E-state index in [-0.39, 0.29) is 17.3 Å². The number of rotatable bonds is 10. The highest BCUT2D eigenvalue weighted by molar-refractivity contribution is 6.24. The van der Waals surface area contributed by atoms with E-state index < -0.39 is 29.1 Å². The number of carbonyl (C=O) groups is 2. The van der Waals surface area contributed by atoms with E-state index in [0.29, 0.717) is 31.1 Å². The summed E-state index contributed by atoms with van der Waals surface area (Å²) in [5.41, 5.74) is 4.74. The lowest BCUT2D eigenvalue weighted by Crippen LogP contribution is -2.57. The molecular formula is C21H37NO4. The Morgan fingerprint density at radius 2 is 1.65 bits per heavy atom. The van der Waals surface area contributed by atoms with Gasteiger partial charge in [0.1, 0.15) is 16.9 Å². The first-order chi connectivity index (χ1) is 12.0. The smallest absolute Gasteiger partial charge is 0.175 e. The van der Waals surface area contributed by atoms with Crippen molar-refractivity contribution in [3.05, 3.63) is 11.3 Å². The summed E-state index contributed by atoms with van der Waals surface area (Å²) in [4.78, 5) is 25.7. The van der Waals surface area contributed by atoms with E-state index >= 15 is 0 Å². The van der Waals surface area contributed by atoms with Gasteiger partial charge in [-0.2, -0.15) is 0 Å². The lowest BCUT2D eigenvalue weighted by molar-refractivity contribution is -0.125. The Kier molecular flexibility index (Phi) is 8.03. The molecule has 0 amide bonds. The number of nitrogens with two attached hydrogens (primary N) is 1. The topological polar surface area (TPSA) is 101 Å². The van der Waals surface area contributed by atoms with Crippen molar-refractivity contribution in [2.24, 2.45) is 29.4 Å². The van der Waals surface area contributed by atoms with Gasteiger partial charge in [0, 0.05) is 5.92 Å². The molecular weight excluding hydrogens is 330 g/mol. The van der Waals surface area contributed by atoms with Crippen LogP contribution < -0.4 is 5.73 Å². The van der Waals surface area contributed by atoms with E-state index in [4.69, 9.17) is 5.73 Å². The summed E-state index contributed by atoms with van der Waals surface area (Å²) in [6, 6.07) is 0. The van der Waals surface area contributed by atoms with E-state index in [9.17, 15) is 19.8 Å². The Morgan fingerprint density at radius 3 is 2.12 bits per heavy atom. The van der Waals surface area contributed by atoms with Crippen molar-refractivity contribution in [3.8, 4) is 0 Å². The molecule has 0 bridgehead atoms. The van der Waals surface area contributed by atoms with Crippen LogP contribution in [0.5, 0.6) is 0 Å². The minimum Gasteiger partial charge on any atom is -0.509 e. The summed E-state index contributed by atoms with van der Waals surface area (Å²) in [5.74, 6) is -1.57. The van der Waals surface area contributed by atoms with E-state index in [1.807, 2.05) is 34.6 Å². The third-order valence-electron chi connectivity index (χ3n) is 5.69. The Bertz CT molecular complexity index is 552. The monoisotopic (exact) mass is 367 g/mol. The largest absolute Gasteiger partial charge is 0.509 e. The van der Waals surface area contributed by atoms with Crippen LogP contribution in [0, 0.1) is 23.7 Å². The Hall–Kier alpha value is -1.20. The van der Waals surface area contributed by atoms with Gasteiger partial charge in [-0.25, -0.2) is 0 Å². The van der Waals surface area contributed by atoms with Crippen molar-refractivity contribution in [2.45, 2.75) is 85.3 Å². The van der Waals surface area contributed by atoms with Crippen LogP contribution in [0.4, 0.5) is 0 Å². The molecule has 0 heterocycles. The number of Topliss-reactive ketones (excluding diaryl/α,β-unsaturated/α-hetero) is 2. The van der Waals surface area contributed by atoms with Crippen LogP contribution in [0.1, 0.15) is 73.6 Å². The van der Waals surface area contributed by atoms with Crippen LogP contribution in [0.2, 0.25) is 0 Å². The van der Waals surface area contributed by atoms with Gasteiger partial charge in [-0.1, -0.05) is 48.0 Å². The van der Waals surface area contributed by atoms with Crippen molar-refractivity contribution >= 4 is 11.6 Å². The molecule has 0 aliphatic heterocycles. The molecule has 5 heteroatoms. The number of allylic oxidation sites excluding steroid dienone is 1. The fourth-order valence-electron chi connectivity index (χ4n) is 3.55. The number of aliphatic hydroxyl groups excluding tert-OH is 2. The average Bonchev–Trinajstić information content (AvgIpc) is 2.76. The maximum atomic E-state index is 13.0. The van der Waals surface area contributed by atoms with Gasteiger partial charge in [-0.15, -0.1) is 0 Å². The molecule has 0 radical (unpaired) electrons. The zero-order chi connectivity index (χ0) is 20.2. The molecule has 0 aromatic carbocycles. The minimum atomic E-state index is -1.57. The third kappa shape index (κ3) is 4.55. The number of hydrogen-bond donors (Lipinski definition) is 3. The van der Waals surface area contributed by atoms with E-state index in [1.54, 1.807) is 6.92 Å². The second-order valence-electron chi connectivity index (χ2n) is 8.71. The lowest BCUT2D eigenvalue weighted by atomic mass is 9.76.